The summed E-state index contributed by atoms with van der Waals surface area (Å²) in [6.45, 7) is 0.700. The maximum absolute atomic E-state index is 12.2. The van der Waals surface area contributed by atoms with E-state index in [9.17, 15) is 4.79 Å². The fourth-order valence-corrected chi connectivity index (χ4v) is 3.64. The van der Waals surface area contributed by atoms with Crippen LogP contribution in [0.25, 0.3) is 0 Å². The second-order valence-corrected chi connectivity index (χ2v) is 7.58. The number of para-hydroxylation sites is 1. The molecular formula is C18H20ClN5O2S. The Kier molecular flexibility index (Phi) is 6.58. The van der Waals surface area contributed by atoms with Gasteiger partial charge >= 0.3 is 0 Å². The van der Waals surface area contributed by atoms with Gasteiger partial charge in [-0.2, -0.15) is 5.26 Å². The van der Waals surface area contributed by atoms with Gasteiger partial charge < -0.3 is 9.64 Å². The van der Waals surface area contributed by atoms with Crippen LogP contribution in [-0.2, 0) is 11.4 Å². The lowest BCUT2D eigenvalue weighted by molar-refractivity contribution is -0.127. The van der Waals surface area contributed by atoms with Gasteiger partial charge in [0.05, 0.1) is 23.3 Å². The Morgan fingerprint density at radius 3 is 2.93 bits per heavy atom. The van der Waals surface area contributed by atoms with Crippen molar-refractivity contribution in [3.05, 3.63) is 35.1 Å². The van der Waals surface area contributed by atoms with E-state index >= 15 is 0 Å². The van der Waals surface area contributed by atoms with Crippen molar-refractivity contribution in [2.45, 2.75) is 37.1 Å². The summed E-state index contributed by atoms with van der Waals surface area (Å²) in [5.41, 5.74) is 0. The molecule has 1 fully saturated rings. The average molecular weight is 406 g/mol. The third-order valence-corrected chi connectivity index (χ3v) is 5.39. The molecule has 3 rings (SSSR count). The summed E-state index contributed by atoms with van der Waals surface area (Å²) < 4.78 is 7.85. The highest BCUT2D eigenvalue weighted by Crippen LogP contribution is 2.39. The number of nitrogens with zero attached hydrogens (tertiary/aromatic N) is 5. The molecule has 0 N–H and O–H groups in total. The highest BCUT2D eigenvalue weighted by atomic mass is 35.5. The maximum atomic E-state index is 12.2. The van der Waals surface area contributed by atoms with Crippen molar-refractivity contribution in [3.8, 4) is 11.8 Å². The fraction of sp³-hybridized carbons (Fsp3) is 0.444. The minimum absolute atomic E-state index is 0.0329. The van der Waals surface area contributed by atoms with Gasteiger partial charge in [0, 0.05) is 19.6 Å². The number of amides is 1. The highest BCUT2D eigenvalue weighted by molar-refractivity contribution is 7.99. The van der Waals surface area contributed by atoms with E-state index in [4.69, 9.17) is 21.6 Å². The van der Waals surface area contributed by atoms with Gasteiger partial charge in [0.25, 0.3) is 0 Å². The molecule has 1 saturated carbocycles. The van der Waals surface area contributed by atoms with E-state index in [0.717, 1.165) is 23.8 Å². The van der Waals surface area contributed by atoms with Crippen LogP contribution in [0.4, 0.5) is 0 Å². The second-order valence-electron chi connectivity index (χ2n) is 6.23. The Hall–Kier alpha value is -2.24. The van der Waals surface area contributed by atoms with E-state index in [0.29, 0.717) is 29.8 Å². The van der Waals surface area contributed by atoms with Gasteiger partial charge in [-0.15, -0.1) is 10.2 Å². The fourth-order valence-electron chi connectivity index (χ4n) is 2.49. The molecule has 1 aliphatic carbocycles. The summed E-state index contributed by atoms with van der Waals surface area (Å²) in [5.74, 6) is 1.56. The molecule has 0 saturated heterocycles. The van der Waals surface area contributed by atoms with E-state index in [1.807, 2.05) is 24.3 Å². The molecular weight excluding hydrogens is 386 g/mol. The summed E-state index contributed by atoms with van der Waals surface area (Å²) in [6, 6.07) is 9.70. The molecule has 7 nitrogen and oxygen atoms in total. The summed E-state index contributed by atoms with van der Waals surface area (Å²) in [6.07, 6.45) is 2.47. The van der Waals surface area contributed by atoms with E-state index < -0.39 is 0 Å². The van der Waals surface area contributed by atoms with Crippen LogP contribution < -0.4 is 4.74 Å². The average Bonchev–Trinajstić information content (AvgIpc) is 3.43. The van der Waals surface area contributed by atoms with E-state index in [1.54, 1.807) is 18.0 Å². The highest BCUT2D eigenvalue weighted by Gasteiger charge is 2.30. The Morgan fingerprint density at radius 2 is 2.22 bits per heavy atom. The van der Waals surface area contributed by atoms with Gasteiger partial charge in [-0.3, -0.25) is 9.36 Å². The first-order valence-electron chi connectivity index (χ1n) is 8.65. The molecule has 1 heterocycles. The summed E-state index contributed by atoms with van der Waals surface area (Å²) >= 11 is 7.49. The third-order valence-electron chi connectivity index (χ3n) is 4.15. The van der Waals surface area contributed by atoms with Crippen LogP contribution in [0.2, 0.25) is 5.02 Å². The number of carbonyl (C=O) groups is 1. The molecule has 0 atom stereocenters. The number of aromatic nitrogens is 3. The number of hydrogen-bond acceptors (Lipinski definition) is 6. The lowest BCUT2D eigenvalue weighted by Crippen LogP contribution is -2.29. The van der Waals surface area contributed by atoms with Gasteiger partial charge in [0.1, 0.15) is 12.4 Å². The minimum Gasteiger partial charge on any atom is -0.484 e. The van der Waals surface area contributed by atoms with Crippen LogP contribution in [0, 0.1) is 11.3 Å². The molecule has 1 aliphatic rings. The van der Waals surface area contributed by atoms with Crippen molar-refractivity contribution in [1.29, 1.82) is 5.26 Å². The second kappa shape index (κ2) is 9.11. The number of ether oxygens (including phenoxy) is 1. The molecule has 1 amide bonds. The smallest absolute Gasteiger partial charge is 0.232 e. The predicted octanol–water partition coefficient (Wildman–Crippen LogP) is 3.31. The van der Waals surface area contributed by atoms with Gasteiger partial charge in [-0.25, -0.2) is 0 Å². The van der Waals surface area contributed by atoms with Crippen molar-refractivity contribution < 1.29 is 9.53 Å². The Labute approximate surface area is 167 Å². The molecule has 142 valence electrons. The summed E-state index contributed by atoms with van der Waals surface area (Å²) in [4.78, 5) is 13.7. The predicted molar refractivity (Wildman–Crippen MR) is 103 cm³/mol. The number of nitriles is 1. The zero-order valence-electron chi connectivity index (χ0n) is 15.0. The lowest BCUT2D eigenvalue weighted by Gasteiger charge is -2.15. The lowest BCUT2D eigenvalue weighted by atomic mass is 10.3. The van der Waals surface area contributed by atoms with Crippen LogP contribution in [-0.4, -0.2) is 44.9 Å². The number of rotatable bonds is 9. The molecule has 0 aliphatic heterocycles. The Morgan fingerprint density at radius 1 is 1.44 bits per heavy atom. The van der Waals surface area contributed by atoms with Crippen LogP contribution in [0.3, 0.4) is 0 Å². The summed E-state index contributed by atoms with van der Waals surface area (Å²) in [7, 11) is 1.70. The van der Waals surface area contributed by atoms with Gasteiger partial charge in [0.15, 0.2) is 11.0 Å². The van der Waals surface area contributed by atoms with E-state index in [-0.39, 0.29) is 18.3 Å². The molecule has 0 spiro atoms. The molecule has 1 aromatic carbocycles. The Balaban J connectivity index is 1.63. The van der Waals surface area contributed by atoms with Crippen molar-refractivity contribution >= 4 is 29.3 Å². The van der Waals surface area contributed by atoms with E-state index in [2.05, 4.69) is 14.8 Å². The van der Waals surface area contributed by atoms with Crippen molar-refractivity contribution in [2.75, 3.05) is 19.3 Å². The SMILES string of the molecule is CN(CCC#N)C(=O)CSc1nnc(COc2ccccc2Cl)n1C1CC1. The van der Waals surface area contributed by atoms with Crippen LogP contribution in [0.15, 0.2) is 29.4 Å². The molecule has 27 heavy (non-hydrogen) atoms. The maximum Gasteiger partial charge on any atom is 0.232 e. The molecule has 2 aromatic rings. The molecule has 0 bridgehead atoms. The first kappa shape index (κ1) is 19.5. The van der Waals surface area contributed by atoms with Gasteiger partial charge in [0.2, 0.25) is 5.91 Å². The number of hydrogen-bond donors (Lipinski definition) is 0. The molecule has 0 unspecified atom stereocenters. The van der Waals surface area contributed by atoms with Gasteiger partial charge in [-0.05, 0) is 25.0 Å². The van der Waals surface area contributed by atoms with Gasteiger partial charge in [-0.1, -0.05) is 35.5 Å². The van der Waals surface area contributed by atoms with Crippen molar-refractivity contribution in [3.63, 3.8) is 0 Å². The molecule has 9 heteroatoms. The standard InChI is InChI=1S/C18H20ClN5O2S/c1-23(10-4-9-20)17(25)12-27-18-22-21-16(24(18)13-7-8-13)11-26-15-6-3-2-5-14(15)19/h2-3,5-6,13H,4,7-8,10-12H2,1H3. The van der Waals surface area contributed by atoms with Crippen molar-refractivity contribution in [2.24, 2.45) is 0 Å². The molecule has 1 aromatic heterocycles. The third kappa shape index (κ3) is 5.15. The number of benzene rings is 1. The largest absolute Gasteiger partial charge is 0.484 e. The van der Waals surface area contributed by atoms with Crippen LogP contribution in [0.5, 0.6) is 5.75 Å². The number of thioether (sulfide) groups is 1. The topological polar surface area (TPSA) is 84.0 Å². The number of halogens is 1. The van der Waals surface area contributed by atoms with Crippen LogP contribution in [0.1, 0.15) is 31.1 Å². The first-order valence-corrected chi connectivity index (χ1v) is 10.0. The van der Waals surface area contributed by atoms with E-state index in [1.165, 1.54) is 11.8 Å². The normalized spacial score (nSPS) is 13.2. The first-order chi connectivity index (χ1) is 13.1. The zero-order valence-corrected chi connectivity index (χ0v) is 16.5. The Bertz CT molecular complexity index is 847. The monoisotopic (exact) mass is 405 g/mol. The van der Waals surface area contributed by atoms with Crippen molar-refractivity contribution in [1.82, 2.24) is 19.7 Å². The minimum atomic E-state index is -0.0329. The quantitative estimate of drug-likeness (QED) is 0.595. The zero-order chi connectivity index (χ0) is 19.2. The number of carbonyl (C=O) groups excluding carboxylic acids is 1. The summed E-state index contributed by atoms with van der Waals surface area (Å²) in [5, 5.41) is 18.4. The molecule has 0 radical (unpaired) electrons. The van der Waals surface area contributed by atoms with Crippen LogP contribution >= 0.6 is 23.4 Å².